The van der Waals surface area contributed by atoms with Crippen molar-refractivity contribution < 1.29 is 5.11 Å². The van der Waals surface area contributed by atoms with Gasteiger partial charge >= 0.3 is 0 Å². The maximum absolute atomic E-state index is 9.98. The maximum Gasteiger partial charge on any atom is 0.138 e. The smallest absolute Gasteiger partial charge is 0.138 e. The van der Waals surface area contributed by atoms with E-state index in [1.807, 2.05) is 103 Å². The molecule has 0 radical (unpaired) electrons. The first-order valence-corrected chi connectivity index (χ1v) is 12.5. The molecule has 0 saturated heterocycles. The van der Waals surface area contributed by atoms with Crippen LogP contribution in [0.4, 0.5) is 0 Å². The van der Waals surface area contributed by atoms with Gasteiger partial charge in [-0.05, 0) is 56.7 Å². The summed E-state index contributed by atoms with van der Waals surface area (Å²) in [6.45, 7) is 0. The number of hydrogen-bond acceptors (Lipinski definition) is 3. The maximum atomic E-state index is 9.98. The number of aromatic hydroxyl groups is 1. The highest BCUT2D eigenvalue weighted by molar-refractivity contribution is 6.04. The summed E-state index contributed by atoms with van der Waals surface area (Å²) in [5.41, 5.74) is 8.41. The highest BCUT2D eigenvalue weighted by Gasteiger charge is 2.18. The van der Waals surface area contributed by atoms with Crippen LogP contribution in [0.15, 0.2) is 145 Å². The third-order valence-electron chi connectivity index (χ3n) is 6.53. The average molecular weight is 501 g/mol. The van der Waals surface area contributed by atoms with Gasteiger partial charge in [-0.15, -0.1) is 0 Å². The van der Waals surface area contributed by atoms with Crippen molar-refractivity contribution in [3.8, 4) is 17.9 Å². The van der Waals surface area contributed by atoms with Crippen LogP contribution < -0.4 is 0 Å². The van der Waals surface area contributed by atoms with E-state index in [1.54, 1.807) is 12.1 Å². The summed E-state index contributed by atoms with van der Waals surface area (Å²) in [6, 6.07) is 49.3. The third-order valence-corrected chi connectivity index (χ3v) is 6.53. The molecule has 0 aliphatic rings. The highest BCUT2D eigenvalue weighted by atomic mass is 16.3. The van der Waals surface area contributed by atoms with Gasteiger partial charge in [-0.25, -0.2) is 0 Å². The van der Waals surface area contributed by atoms with E-state index >= 15 is 0 Å². The van der Waals surface area contributed by atoms with Gasteiger partial charge in [0, 0.05) is 5.57 Å². The summed E-state index contributed by atoms with van der Waals surface area (Å²) in [7, 11) is 0. The van der Waals surface area contributed by atoms with Crippen LogP contribution in [0.25, 0.3) is 16.7 Å². The van der Waals surface area contributed by atoms with Crippen LogP contribution in [0.5, 0.6) is 5.75 Å². The third kappa shape index (κ3) is 5.39. The lowest BCUT2D eigenvalue weighted by Gasteiger charge is -2.19. The van der Waals surface area contributed by atoms with Gasteiger partial charge < -0.3 is 5.11 Å². The summed E-state index contributed by atoms with van der Waals surface area (Å²) < 4.78 is 0. The van der Waals surface area contributed by atoms with Crippen molar-refractivity contribution in [2.75, 3.05) is 0 Å². The molecule has 39 heavy (non-hydrogen) atoms. The molecule has 0 aliphatic heterocycles. The summed E-state index contributed by atoms with van der Waals surface area (Å²) >= 11 is 0. The lowest BCUT2D eigenvalue weighted by atomic mass is 9.85. The lowest BCUT2D eigenvalue weighted by Crippen LogP contribution is -1.98. The van der Waals surface area contributed by atoms with E-state index in [4.69, 9.17) is 0 Å². The normalized spacial score (nSPS) is 11.0. The van der Waals surface area contributed by atoms with E-state index in [-0.39, 0.29) is 11.3 Å². The number of nitriles is 2. The Balaban J connectivity index is 1.76. The van der Waals surface area contributed by atoms with Crippen LogP contribution in [-0.4, -0.2) is 5.11 Å². The van der Waals surface area contributed by atoms with Crippen LogP contribution in [0.3, 0.4) is 0 Å². The van der Waals surface area contributed by atoms with Crippen LogP contribution in [0, 0.1) is 22.7 Å². The van der Waals surface area contributed by atoms with Crippen molar-refractivity contribution in [2.24, 2.45) is 0 Å². The molecule has 5 rings (SSSR count). The molecule has 0 heterocycles. The Labute approximate surface area is 228 Å². The Morgan fingerprint density at radius 3 is 1.03 bits per heavy atom. The SMILES string of the molecule is N#CC(C#N)=C(c1ccccc1)c1ccc(/C(=C(\c2ccccc2)c2ccc(O)cc2)c2ccccc2)cc1. The highest BCUT2D eigenvalue weighted by Crippen LogP contribution is 2.38. The quantitative estimate of drug-likeness (QED) is 0.188. The van der Waals surface area contributed by atoms with Gasteiger partial charge in [-0.2, -0.15) is 10.5 Å². The molecule has 184 valence electrons. The van der Waals surface area contributed by atoms with Crippen molar-refractivity contribution >= 4 is 16.7 Å². The van der Waals surface area contributed by atoms with E-state index < -0.39 is 0 Å². The average Bonchev–Trinajstić information content (AvgIpc) is 3.01. The van der Waals surface area contributed by atoms with Gasteiger partial charge in [-0.3, -0.25) is 0 Å². The summed E-state index contributed by atoms with van der Waals surface area (Å²) in [6.07, 6.45) is 0. The monoisotopic (exact) mass is 500 g/mol. The van der Waals surface area contributed by atoms with Crippen molar-refractivity contribution in [1.82, 2.24) is 0 Å². The second kappa shape index (κ2) is 11.6. The first-order valence-electron chi connectivity index (χ1n) is 12.5. The van der Waals surface area contributed by atoms with Gasteiger partial charge in [0.15, 0.2) is 0 Å². The van der Waals surface area contributed by atoms with Gasteiger partial charge in [0.2, 0.25) is 0 Å². The predicted molar refractivity (Wildman–Crippen MR) is 156 cm³/mol. The summed E-state index contributed by atoms with van der Waals surface area (Å²) in [5.74, 6) is 0.211. The zero-order chi connectivity index (χ0) is 27.0. The van der Waals surface area contributed by atoms with Gasteiger partial charge in [0.25, 0.3) is 0 Å². The van der Waals surface area contributed by atoms with E-state index in [0.717, 1.165) is 44.5 Å². The van der Waals surface area contributed by atoms with E-state index in [1.165, 1.54) is 0 Å². The number of hydrogen-bond donors (Lipinski definition) is 1. The molecular weight excluding hydrogens is 476 g/mol. The lowest BCUT2D eigenvalue weighted by molar-refractivity contribution is 0.475. The molecule has 0 saturated carbocycles. The molecule has 3 heteroatoms. The summed E-state index contributed by atoms with van der Waals surface area (Å²) in [4.78, 5) is 0. The molecule has 5 aromatic carbocycles. The standard InChI is InChI=1S/C36H24N2O/c37-24-32(25-38)34(26-10-4-1-5-11-26)29-16-18-30(19-17-29)35(27-12-6-2-7-13-27)36(28-14-8-3-9-15-28)31-20-22-33(39)23-21-31/h1-23,39H/b36-35+. The number of nitrogens with zero attached hydrogens (tertiary/aromatic N) is 2. The fourth-order valence-electron chi connectivity index (χ4n) is 4.75. The largest absolute Gasteiger partial charge is 0.508 e. The molecule has 1 N–H and O–H groups in total. The Bertz CT molecular complexity index is 1700. The molecule has 0 aromatic heterocycles. The Hall–Kier alpha value is -5.64. The van der Waals surface area contributed by atoms with Crippen molar-refractivity contribution in [1.29, 1.82) is 10.5 Å². The molecule has 0 fully saturated rings. The fourth-order valence-corrected chi connectivity index (χ4v) is 4.75. The number of rotatable bonds is 6. The second-order valence-corrected chi connectivity index (χ2v) is 8.95. The van der Waals surface area contributed by atoms with Crippen molar-refractivity contribution in [2.45, 2.75) is 0 Å². The minimum atomic E-state index is 0.0712. The zero-order valence-electron chi connectivity index (χ0n) is 21.1. The van der Waals surface area contributed by atoms with Crippen LogP contribution >= 0.6 is 0 Å². The number of phenols is 1. The first kappa shape index (κ1) is 25.0. The van der Waals surface area contributed by atoms with E-state index in [2.05, 4.69) is 36.4 Å². The summed E-state index contributed by atoms with van der Waals surface area (Å²) in [5, 5.41) is 29.4. The Morgan fingerprint density at radius 1 is 0.385 bits per heavy atom. The van der Waals surface area contributed by atoms with Crippen LogP contribution in [0.1, 0.15) is 33.4 Å². The number of phenolic OH excluding ortho intramolecular Hbond substituents is 1. The molecular formula is C36H24N2O. The van der Waals surface area contributed by atoms with Gasteiger partial charge in [0.1, 0.15) is 23.5 Å². The zero-order valence-corrected chi connectivity index (χ0v) is 21.1. The number of benzene rings is 5. The van der Waals surface area contributed by atoms with Gasteiger partial charge in [0.05, 0.1) is 0 Å². The molecule has 5 aromatic rings. The van der Waals surface area contributed by atoms with Crippen LogP contribution in [0.2, 0.25) is 0 Å². The van der Waals surface area contributed by atoms with Crippen molar-refractivity contribution in [3.05, 3.63) is 178 Å². The minimum Gasteiger partial charge on any atom is -0.508 e. The topological polar surface area (TPSA) is 67.8 Å². The molecule has 0 bridgehead atoms. The van der Waals surface area contributed by atoms with Crippen LogP contribution in [-0.2, 0) is 0 Å². The molecule has 0 aliphatic carbocycles. The van der Waals surface area contributed by atoms with Gasteiger partial charge in [-0.1, -0.05) is 127 Å². The second-order valence-electron chi connectivity index (χ2n) is 8.95. The predicted octanol–water partition coefficient (Wildman–Crippen LogP) is 8.25. The molecule has 3 nitrogen and oxygen atoms in total. The van der Waals surface area contributed by atoms with E-state index in [0.29, 0.717) is 5.57 Å². The molecule has 0 spiro atoms. The first-order chi connectivity index (χ1) is 19.2. The van der Waals surface area contributed by atoms with E-state index in [9.17, 15) is 15.6 Å². The Kier molecular flexibility index (Phi) is 7.45. The Morgan fingerprint density at radius 2 is 0.667 bits per heavy atom. The molecule has 0 amide bonds. The fraction of sp³-hybridized carbons (Fsp3) is 0. The molecule has 0 atom stereocenters. The molecule has 0 unspecified atom stereocenters. The minimum absolute atomic E-state index is 0.0712. The number of allylic oxidation sites excluding steroid dienone is 1. The van der Waals surface area contributed by atoms with Crippen molar-refractivity contribution in [3.63, 3.8) is 0 Å².